The third-order valence-corrected chi connectivity index (χ3v) is 3.68. The van der Waals surface area contributed by atoms with Gasteiger partial charge in [-0.2, -0.15) is 13.2 Å². The van der Waals surface area contributed by atoms with Crippen molar-refractivity contribution in [2.75, 3.05) is 5.32 Å². The molecule has 10 heteroatoms. The molecule has 7 nitrogen and oxygen atoms in total. The summed E-state index contributed by atoms with van der Waals surface area (Å²) in [4.78, 5) is 29.6. The Balaban J connectivity index is 1.92. The SMILES string of the molecule is O=C1N=Cc2ccc(Nc3cccc([N+](=O)[O-])c3)nc2C1CC(F)(F)F. The molecule has 0 saturated carbocycles. The standard InChI is InChI=1S/C16H11F3N4O3/c17-16(18,19)7-12-14-9(8-20-15(12)24)4-5-13(22-14)21-10-2-1-3-11(6-10)23(25)26/h1-6,8,12H,7H2,(H,21,22). The molecule has 1 aliphatic heterocycles. The van der Waals surface area contributed by atoms with Gasteiger partial charge in [0.25, 0.3) is 11.6 Å². The van der Waals surface area contributed by atoms with E-state index in [1.807, 2.05) is 0 Å². The second-order valence-electron chi connectivity index (χ2n) is 5.57. The van der Waals surface area contributed by atoms with Crippen LogP contribution < -0.4 is 5.32 Å². The number of carbonyl (C=O) groups is 1. The zero-order valence-corrected chi connectivity index (χ0v) is 13.0. The highest BCUT2D eigenvalue weighted by Crippen LogP contribution is 2.35. The van der Waals surface area contributed by atoms with E-state index in [1.54, 1.807) is 6.07 Å². The molecule has 0 aliphatic carbocycles. The zero-order chi connectivity index (χ0) is 18.9. The number of fused-ring (bicyclic) bond motifs is 1. The number of rotatable bonds is 4. The number of aromatic nitrogens is 1. The third kappa shape index (κ3) is 3.85. The molecule has 0 saturated heterocycles. The second kappa shape index (κ2) is 6.54. The third-order valence-electron chi connectivity index (χ3n) is 3.68. The summed E-state index contributed by atoms with van der Waals surface area (Å²) >= 11 is 0. The van der Waals surface area contributed by atoms with Gasteiger partial charge >= 0.3 is 6.18 Å². The molecule has 1 unspecified atom stereocenters. The highest BCUT2D eigenvalue weighted by Gasteiger charge is 2.39. The Kier molecular flexibility index (Phi) is 4.41. The fourth-order valence-electron chi connectivity index (χ4n) is 2.54. The molecule has 0 radical (unpaired) electrons. The number of carbonyl (C=O) groups excluding carboxylic acids is 1. The van der Waals surface area contributed by atoms with Crippen LogP contribution in [-0.4, -0.2) is 28.2 Å². The predicted octanol–water partition coefficient (Wildman–Crippen LogP) is 3.73. The van der Waals surface area contributed by atoms with Crippen molar-refractivity contribution in [3.63, 3.8) is 0 Å². The monoisotopic (exact) mass is 364 g/mol. The number of amides is 1. The van der Waals surface area contributed by atoms with E-state index >= 15 is 0 Å². The molecule has 1 amide bonds. The molecule has 3 rings (SSSR count). The van der Waals surface area contributed by atoms with Gasteiger partial charge in [-0.05, 0) is 18.2 Å². The maximum Gasteiger partial charge on any atom is 0.390 e. The van der Waals surface area contributed by atoms with Crippen LogP contribution in [0.25, 0.3) is 0 Å². The van der Waals surface area contributed by atoms with Gasteiger partial charge in [0.1, 0.15) is 5.82 Å². The molecule has 0 spiro atoms. The number of nitro benzene ring substituents is 1. The van der Waals surface area contributed by atoms with Gasteiger partial charge in [0.15, 0.2) is 0 Å². The van der Waals surface area contributed by atoms with Gasteiger partial charge in [-0.1, -0.05) is 6.07 Å². The first-order chi connectivity index (χ1) is 12.2. The molecule has 1 atom stereocenters. The summed E-state index contributed by atoms with van der Waals surface area (Å²) < 4.78 is 38.3. The molecule has 1 aromatic heterocycles. The number of nitrogens with zero attached hydrogens (tertiary/aromatic N) is 3. The Bertz CT molecular complexity index is 912. The van der Waals surface area contributed by atoms with E-state index in [9.17, 15) is 28.1 Å². The number of pyridine rings is 1. The summed E-state index contributed by atoms with van der Waals surface area (Å²) in [5.74, 6) is -2.25. The first-order valence-corrected chi connectivity index (χ1v) is 7.40. The van der Waals surface area contributed by atoms with Gasteiger partial charge in [0.2, 0.25) is 0 Å². The van der Waals surface area contributed by atoms with Crippen molar-refractivity contribution in [3.05, 3.63) is 57.8 Å². The molecule has 1 aliphatic rings. The van der Waals surface area contributed by atoms with E-state index < -0.39 is 29.3 Å². The summed E-state index contributed by atoms with van der Waals surface area (Å²) in [5.41, 5.74) is 0.487. The van der Waals surface area contributed by atoms with Crippen LogP contribution in [0.4, 0.5) is 30.4 Å². The number of aliphatic imine (C=N–C) groups is 1. The fraction of sp³-hybridized carbons (Fsp3) is 0.188. The van der Waals surface area contributed by atoms with Crippen molar-refractivity contribution in [2.24, 2.45) is 4.99 Å². The summed E-state index contributed by atoms with van der Waals surface area (Å²) in [6.45, 7) is 0. The molecule has 2 aromatic rings. The summed E-state index contributed by atoms with van der Waals surface area (Å²) in [7, 11) is 0. The number of hydrogen-bond donors (Lipinski definition) is 1. The predicted molar refractivity (Wildman–Crippen MR) is 86.6 cm³/mol. The Morgan fingerprint density at radius 1 is 1.23 bits per heavy atom. The minimum atomic E-state index is -4.55. The number of nitrogens with one attached hydrogen (secondary N) is 1. The quantitative estimate of drug-likeness (QED) is 0.658. The van der Waals surface area contributed by atoms with Crippen LogP contribution >= 0.6 is 0 Å². The average Bonchev–Trinajstić information content (AvgIpc) is 2.57. The van der Waals surface area contributed by atoms with Crippen LogP contribution in [0.3, 0.4) is 0 Å². The normalized spacial score (nSPS) is 16.3. The Hall–Kier alpha value is -3.30. The van der Waals surface area contributed by atoms with Crippen LogP contribution in [0.2, 0.25) is 0 Å². The Labute approximate surface area is 144 Å². The average molecular weight is 364 g/mol. The number of benzene rings is 1. The molecule has 0 bridgehead atoms. The number of non-ortho nitro benzene ring substituents is 1. The van der Waals surface area contributed by atoms with Crippen LogP contribution in [0.1, 0.15) is 23.6 Å². The van der Waals surface area contributed by atoms with Gasteiger partial charge in [-0.15, -0.1) is 0 Å². The first kappa shape index (κ1) is 17.5. The van der Waals surface area contributed by atoms with E-state index in [-0.39, 0.29) is 17.2 Å². The highest BCUT2D eigenvalue weighted by atomic mass is 19.4. The maximum atomic E-state index is 12.8. The molecule has 0 fully saturated rings. The number of alkyl halides is 3. The van der Waals surface area contributed by atoms with Gasteiger partial charge in [-0.25, -0.2) is 9.98 Å². The van der Waals surface area contributed by atoms with Crippen LogP contribution in [-0.2, 0) is 4.79 Å². The smallest absolute Gasteiger partial charge is 0.340 e. The van der Waals surface area contributed by atoms with E-state index in [2.05, 4.69) is 15.3 Å². The van der Waals surface area contributed by atoms with E-state index in [0.29, 0.717) is 11.3 Å². The number of nitro groups is 1. The van der Waals surface area contributed by atoms with Gasteiger partial charge in [0, 0.05) is 29.6 Å². The molecule has 1 aromatic carbocycles. The van der Waals surface area contributed by atoms with Crippen molar-refractivity contribution >= 4 is 29.3 Å². The minimum Gasteiger partial charge on any atom is -0.340 e. The zero-order valence-electron chi connectivity index (χ0n) is 13.0. The van der Waals surface area contributed by atoms with E-state index in [1.165, 1.54) is 36.5 Å². The Morgan fingerprint density at radius 3 is 2.69 bits per heavy atom. The molecule has 1 N–H and O–H groups in total. The fourth-order valence-corrected chi connectivity index (χ4v) is 2.54. The molecular formula is C16H11F3N4O3. The van der Waals surface area contributed by atoms with E-state index in [0.717, 1.165) is 0 Å². The highest BCUT2D eigenvalue weighted by molar-refractivity contribution is 6.00. The van der Waals surface area contributed by atoms with Crippen molar-refractivity contribution < 1.29 is 22.9 Å². The lowest BCUT2D eigenvalue weighted by molar-refractivity contribution is -0.384. The molecule has 26 heavy (non-hydrogen) atoms. The topological polar surface area (TPSA) is 97.5 Å². The van der Waals surface area contributed by atoms with Gasteiger partial charge in [-0.3, -0.25) is 14.9 Å². The number of halogens is 3. The maximum absolute atomic E-state index is 12.8. The number of hydrogen-bond acceptors (Lipinski definition) is 5. The lowest BCUT2D eigenvalue weighted by atomic mass is 9.94. The van der Waals surface area contributed by atoms with Crippen LogP contribution in [0.5, 0.6) is 0 Å². The van der Waals surface area contributed by atoms with Gasteiger partial charge < -0.3 is 5.32 Å². The van der Waals surface area contributed by atoms with Crippen molar-refractivity contribution in [1.82, 2.24) is 4.98 Å². The Morgan fingerprint density at radius 2 is 2.00 bits per heavy atom. The molecular weight excluding hydrogens is 353 g/mol. The van der Waals surface area contributed by atoms with Crippen molar-refractivity contribution in [3.8, 4) is 0 Å². The summed E-state index contributed by atoms with van der Waals surface area (Å²) in [6, 6.07) is 8.56. The van der Waals surface area contributed by atoms with Crippen molar-refractivity contribution in [1.29, 1.82) is 0 Å². The minimum absolute atomic E-state index is 0.0299. The van der Waals surface area contributed by atoms with Gasteiger partial charge in [0.05, 0.1) is 23.0 Å². The first-order valence-electron chi connectivity index (χ1n) is 7.40. The van der Waals surface area contributed by atoms with E-state index in [4.69, 9.17) is 0 Å². The van der Waals surface area contributed by atoms with Crippen LogP contribution in [0.15, 0.2) is 41.4 Å². The number of anilines is 2. The summed E-state index contributed by atoms with van der Waals surface area (Å²) in [6.07, 6.45) is -4.73. The second-order valence-corrected chi connectivity index (χ2v) is 5.57. The lowest BCUT2D eigenvalue weighted by Crippen LogP contribution is -2.24. The molecule has 134 valence electrons. The summed E-state index contributed by atoms with van der Waals surface area (Å²) in [5, 5.41) is 13.6. The molecule has 2 heterocycles. The van der Waals surface area contributed by atoms with Crippen molar-refractivity contribution in [2.45, 2.75) is 18.5 Å². The van der Waals surface area contributed by atoms with Crippen LogP contribution in [0, 0.1) is 10.1 Å². The lowest BCUT2D eigenvalue weighted by Gasteiger charge is -2.20. The largest absolute Gasteiger partial charge is 0.390 e.